The van der Waals surface area contributed by atoms with Crippen LogP contribution in [-0.4, -0.2) is 47.4 Å². The van der Waals surface area contributed by atoms with E-state index in [9.17, 15) is 14.4 Å². The summed E-state index contributed by atoms with van der Waals surface area (Å²) in [6, 6.07) is 6.04. The Morgan fingerprint density at radius 2 is 1.80 bits per heavy atom. The van der Waals surface area contributed by atoms with Crippen molar-refractivity contribution in [3.8, 4) is 0 Å². The zero-order chi connectivity index (χ0) is 14.3. The average Bonchev–Trinajstić information content (AvgIpc) is 2.97. The first-order chi connectivity index (χ1) is 9.59. The molecule has 0 unspecified atom stereocenters. The number of likely N-dealkylation sites (N-methyl/N-ethyl adjacent to an activating group) is 1. The lowest BCUT2D eigenvalue weighted by molar-refractivity contribution is -0.173. The Hall–Kier alpha value is -2.21. The lowest BCUT2D eigenvalue weighted by Gasteiger charge is -2.20. The predicted molar refractivity (Wildman–Crippen MR) is 68.7 cm³/mol. The molecular formula is C14H14N2O4. The molecular weight excluding hydrogens is 260 g/mol. The minimum absolute atomic E-state index is 0.269. The molecule has 104 valence electrons. The Labute approximate surface area is 115 Å². The van der Waals surface area contributed by atoms with Crippen molar-refractivity contribution in [2.45, 2.75) is 18.9 Å². The molecule has 1 atom stereocenters. The van der Waals surface area contributed by atoms with Gasteiger partial charge in [0.15, 0.2) is 0 Å². The van der Waals surface area contributed by atoms with Crippen LogP contribution in [0.3, 0.4) is 0 Å². The molecule has 0 spiro atoms. The van der Waals surface area contributed by atoms with E-state index < -0.39 is 17.8 Å². The van der Waals surface area contributed by atoms with E-state index in [2.05, 4.69) is 0 Å². The molecule has 0 radical (unpaired) electrons. The molecule has 20 heavy (non-hydrogen) atoms. The number of rotatable bonds is 2. The molecule has 0 aliphatic carbocycles. The van der Waals surface area contributed by atoms with Crippen LogP contribution in [0.25, 0.3) is 0 Å². The van der Waals surface area contributed by atoms with Crippen LogP contribution in [0.5, 0.6) is 0 Å². The number of carbonyl (C=O) groups excluding carboxylic acids is 3. The molecule has 2 heterocycles. The Morgan fingerprint density at radius 1 is 1.20 bits per heavy atom. The molecule has 0 saturated carbocycles. The average molecular weight is 274 g/mol. The van der Waals surface area contributed by atoms with Crippen LogP contribution in [-0.2, 0) is 9.63 Å². The molecule has 0 N–H and O–H groups in total. The number of nitrogens with zero attached hydrogens (tertiary/aromatic N) is 2. The highest BCUT2D eigenvalue weighted by Gasteiger charge is 2.40. The van der Waals surface area contributed by atoms with E-state index in [1.165, 1.54) is 0 Å². The van der Waals surface area contributed by atoms with Crippen LogP contribution in [0.2, 0.25) is 0 Å². The van der Waals surface area contributed by atoms with Crippen LogP contribution >= 0.6 is 0 Å². The largest absolute Gasteiger partial charge is 0.350 e. The lowest BCUT2D eigenvalue weighted by atomic mass is 10.1. The van der Waals surface area contributed by atoms with Gasteiger partial charge in [-0.15, -0.1) is 0 Å². The van der Waals surface area contributed by atoms with Gasteiger partial charge in [-0.1, -0.05) is 17.2 Å². The highest BCUT2D eigenvalue weighted by atomic mass is 16.7. The van der Waals surface area contributed by atoms with Crippen molar-refractivity contribution < 1.29 is 19.2 Å². The summed E-state index contributed by atoms with van der Waals surface area (Å²) in [4.78, 5) is 43.0. The summed E-state index contributed by atoms with van der Waals surface area (Å²) in [5.74, 6) is -1.72. The van der Waals surface area contributed by atoms with Gasteiger partial charge in [0.2, 0.25) is 0 Å². The van der Waals surface area contributed by atoms with Gasteiger partial charge in [-0.05, 0) is 38.6 Å². The summed E-state index contributed by atoms with van der Waals surface area (Å²) in [5.41, 5.74) is 0.537. The third-order valence-electron chi connectivity index (χ3n) is 3.73. The van der Waals surface area contributed by atoms with Crippen molar-refractivity contribution in [2.24, 2.45) is 0 Å². The van der Waals surface area contributed by atoms with Gasteiger partial charge in [0, 0.05) is 0 Å². The quantitative estimate of drug-likeness (QED) is 0.747. The van der Waals surface area contributed by atoms with Crippen LogP contribution in [0, 0.1) is 0 Å². The molecule has 6 heteroatoms. The van der Waals surface area contributed by atoms with Crippen LogP contribution in [0.4, 0.5) is 0 Å². The lowest BCUT2D eigenvalue weighted by Crippen LogP contribution is -2.41. The number of carbonyl (C=O) groups is 3. The molecule has 0 aromatic heterocycles. The second kappa shape index (κ2) is 4.72. The maximum absolute atomic E-state index is 12.1. The second-order valence-electron chi connectivity index (χ2n) is 5.00. The van der Waals surface area contributed by atoms with E-state index in [1.54, 1.807) is 24.3 Å². The molecule has 1 saturated heterocycles. The van der Waals surface area contributed by atoms with E-state index in [4.69, 9.17) is 4.84 Å². The SMILES string of the molecule is CN1CCC[C@@H]1C(=O)ON1C(=O)c2ccccc2C1=O. The van der Waals surface area contributed by atoms with Crippen molar-refractivity contribution in [3.05, 3.63) is 35.4 Å². The summed E-state index contributed by atoms with van der Waals surface area (Å²) in [5, 5.41) is 0.569. The van der Waals surface area contributed by atoms with Gasteiger partial charge in [0.05, 0.1) is 11.1 Å². The Morgan fingerprint density at radius 3 is 2.30 bits per heavy atom. The first kappa shape index (κ1) is 12.8. The molecule has 2 aliphatic rings. The molecule has 3 rings (SSSR count). The Balaban J connectivity index is 1.78. The van der Waals surface area contributed by atoms with Gasteiger partial charge in [-0.2, -0.15) is 0 Å². The molecule has 0 bridgehead atoms. The van der Waals surface area contributed by atoms with Gasteiger partial charge >= 0.3 is 5.97 Å². The number of amides is 2. The molecule has 1 aromatic carbocycles. The van der Waals surface area contributed by atoms with E-state index in [-0.39, 0.29) is 17.2 Å². The van der Waals surface area contributed by atoms with Crippen LogP contribution in [0.1, 0.15) is 33.6 Å². The molecule has 2 amide bonds. The Bertz CT molecular complexity index is 564. The highest BCUT2D eigenvalue weighted by molar-refractivity contribution is 6.20. The van der Waals surface area contributed by atoms with E-state index >= 15 is 0 Å². The third-order valence-corrected chi connectivity index (χ3v) is 3.73. The van der Waals surface area contributed by atoms with Gasteiger partial charge < -0.3 is 4.84 Å². The van der Waals surface area contributed by atoms with E-state index in [0.717, 1.165) is 13.0 Å². The van der Waals surface area contributed by atoms with E-state index in [0.29, 0.717) is 11.5 Å². The van der Waals surface area contributed by atoms with Gasteiger partial charge in [-0.25, -0.2) is 4.79 Å². The predicted octanol–water partition coefficient (Wildman–Crippen LogP) is 0.835. The number of hydrogen-bond donors (Lipinski definition) is 0. The topological polar surface area (TPSA) is 66.9 Å². The smallest absolute Gasteiger partial charge is 0.328 e. The minimum Gasteiger partial charge on any atom is -0.328 e. The number of benzene rings is 1. The van der Waals surface area contributed by atoms with E-state index in [1.807, 2.05) is 11.9 Å². The summed E-state index contributed by atoms with van der Waals surface area (Å²) < 4.78 is 0. The second-order valence-corrected chi connectivity index (χ2v) is 5.00. The number of hydrogen-bond acceptors (Lipinski definition) is 5. The zero-order valence-corrected chi connectivity index (χ0v) is 11.0. The fraction of sp³-hybridized carbons (Fsp3) is 0.357. The third kappa shape index (κ3) is 1.89. The first-order valence-corrected chi connectivity index (χ1v) is 6.49. The van der Waals surface area contributed by atoms with Crippen molar-refractivity contribution in [2.75, 3.05) is 13.6 Å². The van der Waals surface area contributed by atoms with Crippen LogP contribution < -0.4 is 0 Å². The molecule has 1 aromatic rings. The molecule has 6 nitrogen and oxygen atoms in total. The van der Waals surface area contributed by atoms with Gasteiger partial charge in [0.25, 0.3) is 11.8 Å². The monoisotopic (exact) mass is 274 g/mol. The Kier molecular flexibility index (Phi) is 3.02. The maximum Gasteiger partial charge on any atom is 0.350 e. The standard InChI is InChI=1S/C14H14N2O4/c1-15-8-4-7-11(15)14(19)20-16-12(17)9-5-2-3-6-10(9)13(16)18/h2-3,5-6,11H,4,7-8H2,1H3/t11-/m1/s1. The minimum atomic E-state index is -0.584. The molecule has 1 fully saturated rings. The summed E-state index contributed by atoms with van der Waals surface area (Å²) >= 11 is 0. The summed E-state index contributed by atoms with van der Waals surface area (Å²) in [6.45, 7) is 0.807. The first-order valence-electron chi connectivity index (χ1n) is 6.49. The number of imide groups is 1. The number of likely N-dealkylation sites (tertiary alicyclic amines) is 1. The summed E-state index contributed by atoms with van der Waals surface area (Å²) in [7, 11) is 1.82. The van der Waals surface area contributed by atoms with Crippen LogP contribution in [0.15, 0.2) is 24.3 Å². The number of hydroxylamine groups is 2. The number of fused-ring (bicyclic) bond motifs is 1. The van der Waals surface area contributed by atoms with Gasteiger partial charge in [-0.3, -0.25) is 14.5 Å². The summed E-state index contributed by atoms with van der Waals surface area (Å²) in [6.07, 6.45) is 1.58. The fourth-order valence-electron chi connectivity index (χ4n) is 2.61. The van der Waals surface area contributed by atoms with Crippen molar-refractivity contribution in [3.63, 3.8) is 0 Å². The normalized spacial score (nSPS) is 22.2. The maximum atomic E-state index is 12.1. The van der Waals surface area contributed by atoms with Crippen molar-refractivity contribution >= 4 is 17.8 Å². The highest BCUT2D eigenvalue weighted by Crippen LogP contribution is 2.24. The molecule has 2 aliphatic heterocycles. The van der Waals surface area contributed by atoms with Crippen molar-refractivity contribution in [1.29, 1.82) is 0 Å². The zero-order valence-electron chi connectivity index (χ0n) is 11.0. The van der Waals surface area contributed by atoms with Gasteiger partial charge in [0.1, 0.15) is 6.04 Å². The fourth-order valence-corrected chi connectivity index (χ4v) is 2.61. The van der Waals surface area contributed by atoms with Crippen molar-refractivity contribution in [1.82, 2.24) is 9.96 Å².